The minimum Gasteiger partial charge on any atom is -0.351 e. The normalized spacial score (nSPS) is 10.1. The van der Waals surface area contributed by atoms with Crippen LogP contribution < -0.4 is 16.4 Å². The monoisotopic (exact) mass is 331 g/mol. The van der Waals surface area contributed by atoms with Crippen molar-refractivity contribution in [2.45, 2.75) is 0 Å². The summed E-state index contributed by atoms with van der Waals surface area (Å²) in [6, 6.07) is 23.4. The van der Waals surface area contributed by atoms with Crippen molar-refractivity contribution in [2.24, 2.45) is 5.73 Å². The molecule has 0 spiro atoms. The number of amides is 3. The summed E-state index contributed by atoms with van der Waals surface area (Å²) in [6.45, 7) is 0. The van der Waals surface area contributed by atoms with E-state index in [0.29, 0.717) is 16.9 Å². The van der Waals surface area contributed by atoms with Crippen molar-refractivity contribution >= 4 is 23.3 Å². The maximum absolute atomic E-state index is 12.6. The minimum absolute atomic E-state index is 0.267. The van der Waals surface area contributed by atoms with Crippen molar-refractivity contribution in [2.75, 3.05) is 10.6 Å². The van der Waals surface area contributed by atoms with Crippen LogP contribution >= 0.6 is 0 Å². The quantitative estimate of drug-likeness (QED) is 0.672. The van der Waals surface area contributed by atoms with Crippen LogP contribution in [0.5, 0.6) is 0 Å². The highest BCUT2D eigenvalue weighted by atomic mass is 16.2. The number of urea groups is 1. The van der Waals surface area contributed by atoms with Crippen LogP contribution in [0.15, 0.2) is 78.9 Å². The third-order valence-electron chi connectivity index (χ3n) is 3.65. The molecule has 5 nitrogen and oxygen atoms in total. The molecule has 25 heavy (non-hydrogen) atoms. The summed E-state index contributed by atoms with van der Waals surface area (Å²) in [6.07, 6.45) is 0. The summed E-state index contributed by atoms with van der Waals surface area (Å²) in [5.41, 5.74) is 8.67. The number of para-hydroxylation sites is 1. The number of benzene rings is 3. The zero-order valence-corrected chi connectivity index (χ0v) is 13.4. The van der Waals surface area contributed by atoms with Crippen LogP contribution in [0.2, 0.25) is 0 Å². The molecule has 0 fully saturated rings. The number of anilines is 2. The summed E-state index contributed by atoms with van der Waals surface area (Å²) >= 11 is 0. The molecule has 0 unspecified atom stereocenters. The van der Waals surface area contributed by atoms with Gasteiger partial charge in [-0.15, -0.1) is 0 Å². The lowest BCUT2D eigenvalue weighted by Crippen LogP contribution is -2.20. The summed E-state index contributed by atoms with van der Waals surface area (Å²) in [5.74, 6) is -0.267. The average molecular weight is 331 g/mol. The predicted molar refractivity (Wildman–Crippen MR) is 99.5 cm³/mol. The van der Waals surface area contributed by atoms with E-state index < -0.39 is 6.03 Å². The van der Waals surface area contributed by atoms with E-state index in [-0.39, 0.29) is 5.91 Å². The summed E-state index contributed by atoms with van der Waals surface area (Å²) in [4.78, 5) is 23.5. The molecule has 0 saturated heterocycles. The Labute approximate surface area is 145 Å². The number of hydrogen-bond acceptors (Lipinski definition) is 2. The number of nitrogens with two attached hydrogens (primary N) is 1. The Balaban J connectivity index is 1.86. The van der Waals surface area contributed by atoms with Gasteiger partial charge in [0.25, 0.3) is 5.91 Å². The number of nitrogens with one attached hydrogen (secondary N) is 2. The van der Waals surface area contributed by atoms with Gasteiger partial charge in [-0.1, -0.05) is 54.6 Å². The largest absolute Gasteiger partial charge is 0.351 e. The Morgan fingerprint density at radius 2 is 1.48 bits per heavy atom. The first-order valence-corrected chi connectivity index (χ1v) is 7.76. The van der Waals surface area contributed by atoms with Crippen molar-refractivity contribution in [3.05, 3.63) is 84.4 Å². The fraction of sp³-hybridized carbons (Fsp3) is 0. The van der Waals surface area contributed by atoms with Crippen molar-refractivity contribution in [1.29, 1.82) is 0 Å². The first-order chi connectivity index (χ1) is 12.1. The first kappa shape index (κ1) is 16.3. The minimum atomic E-state index is -0.674. The van der Waals surface area contributed by atoms with E-state index >= 15 is 0 Å². The van der Waals surface area contributed by atoms with Crippen LogP contribution in [0.1, 0.15) is 10.4 Å². The predicted octanol–water partition coefficient (Wildman–Crippen LogP) is 4.10. The third-order valence-corrected chi connectivity index (χ3v) is 3.65. The zero-order chi connectivity index (χ0) is 17.6. The van der Waals surface area contributed by atoms with Gasteiger partial charge >= 0.3 is 6.03 Å². The number of rotatable bonds is 4. The van der Waals surface area contributed by atoms with Crippen LogP contribution in [-0.4, -0.2) is 11.9 Å². The molecule has 0 saturated carbocycles. The fourth-order valence-corrected chi connectivity index (χ4v) is 2.54. The van der Waals surface area contributed by atoms with E-state index in [1.54, 1.807) is 24.3 Å². The Morgan fingerprint density at radius 1 is 0.760 bits per heavy atom. The van der Waals surface area contributed by atoms with E-state index in [1.165, 1.54) is 0 Å². The Morgan fingerprint density at radius 3 is 2.24 bits per heavy atom. The molecule has 0 bridgehead atoms. The first-order valence-electron chi connectivity index (χ1n) is 7.76. The standard InChI is InChI=1S/C20H17N3O2/c21-20(25)22-16-10-6-9-15(13-16)19(24)23-18-12-5-4-11-17(18)14-7-2-1-3-8-14/h1-13H,(H,23,24)(H3,21,22,25). The van der Waals surface area contributed by atoms with Crippen LogP contribution in [0.3, 0.4) is 0 Å². The molecule has 3 amide bonds. The molecule has 3 rings (SSSR count). The molecule has 3 aromatic carbocycles. The van der Waals surface area contributed by atoms with Crippen molar-refractivity contribution in [3.63, 3.8) is 0 Å². The van der Waals surface area contributed by atoms with Gasteiger partial charge < -0.3 is 16.4 Å². The van der Waals surface area contributed by atoms with Crippen molar-refractivity contribution in [3.8, 4) is 11.1 Å². The van der Waals surface area contributed by atoms with Gasteiger partial charge in [-0.05, 0) is 29.8 Å². The molecule has 0 aromatic heterocycles. The van der Waals surface area contributed by atoms with E-state index in [0.717, 1.165) is 11.1 Å². The molecule has 0 aliphatic carbocycles. The Kier molecular flexibility index (Phi) is 4.76. The highest BCUT2D eigenvalue weighted by molar-refractivity contribution is 6.07. The van der Waals surface area contributed by atoms with E-state index in [9.17, 15) is 9.59 Å². The van der Waals surface area contributed by atoms with Gasteiger partial charge in [0.05, 0.1) is 0 Å². The molecular formula is C20H17N3O2. The molecule has 0 aliphatic heterocycles. The van der Waals surface area contributed by atoms with E-state index in [2.05, 4.69) is 10.6 Å². The molecular weight excluding hydrogens is 314 g/mol. The maximum Gasteiger partial charge on any atom is 0.316 e. The second-order valence-corrected chi connectivity index (χ2v) is 5.44. The van der Waals surface area contributed by atoms with Crippen molar-refractivity contribution in [1.82, 2.24) is 0 Å². The molecule has 0 radical (unpaired) electrons. The Hall–Kier alpha value is -3.60. The van der Waals surface area contributed by atoms with E-state index in [4.69, 9.17) is 5.73 Å². The van der Waals surface area contributed by atoms with E-state index in [1.807, 2.05) is 54.6 Å². The highest BCUT2D eigenvalue weighted by Crippen LogP contribution is 2.28. The molecule has 0 heterocycles. The average Bonchev–Trinajstić information content (AvgIpc) is 2.62. The van der Waals surface area contributed by atoms with Crippen molar-refractivity contribution < 1.29 is 9.59 Å². The van der Waals surface area contributed by atoms with Crippen LogP contribution in [0, 0.1) is 0 Å². The zero-order valence-electron chi connectivity index (χ0n) is 13.4. The van der Waals surface area contributed by atoms with Crippen LogP contribution in [0.4, 0.5) is 16.2 Å². The molecule has 5 heteroatoms. The second kappa shape index (κ2) is 7.31. The van der Waals surface area contributed by atoms with Gasteiger partial charge in [-0.2, -0.15) is 0 Å². The second-order valence-electron chi connectivity index (χ2n) is 5.44. The smallest absolute Gasteiger partial charge is 0.316 e. The molecule has 0 aliphatic rings. The number of hydrogen-bond donors (Lipinski definition) is 3. The SMILES string of the molecule is NC(=O)Nc1cccc(C(=O)Nc2ccccc2-c2ccccc2)c1. The molecule has 124 valence electrons. The Bertz CT molecular complexity index is 908. The lowest BCUT2D eigenvalue weighted by molar-refractivity contribution is 0.102. The van der Waals surface area contributed by atoms with Gasteiger partial charge in [-0.25, -0.2) is 4.79 Å². The lowest BCUT2D eigenvalue weighted by Gasteiger charge is -2.12. The fourth-order valence-electron chi connectivity index (χ4n) is 2.54. The highest BCUT2D eigenvalue weighted by Gasteiger charge is 2.11. The van der Waals surface area contributed by atoms with Crippen LogP contribution in [0.25, 0.3) is 11.1 Å². The summed E-state index contributed by atoms with van der Waals surface area (Å²) in [7, 11) is 0. The molecule has 0 atom stereocenters. The maximum atomic E-state index is 12.6. The van der Waals surface area contributed by atoms with Gasteiger partial charge in [0.15, 0.2) is 0 Å². The number of primary amides is 1. The number of carbonyl (C=O) groups is 2. The third kappa shape index (κ3) is 4.03. The summed E-state index contributed by atoms with van der Waals surface area (Å²) < 4.78 is 0. The lowest BCUT2D eigenvalue weighted by atomic mass is 10.0. The van der Waals surface area contributed by atoms with Gasteiger partial charge in [0.2, 0.25) is 0 Å². The van der Waals surface area contributed by atoms with Crippen LogP contribution in [-0.2, 0) is 0 Å². The topological polar surface area (TPSA) is 84.2 Å². The summed E-state index contributed by atoms with van der Waals surface area (Å²) in [5, 5.41) is 5.38. The van der Waals surface area contributed by atoms with Gasteiger partial charge in [-0.3, -0.25) is 4.79 Å². The molecule has 3 aromatic rings. The number of carbonyl (C=O) groups excluding carboxylic acids is 2. The van der Waals surface area contributed by atoms with Gasteiger partial charge in [0.1, 0.15) is 0 Å². The van der Waals surface area contributed by atoms with Gasteiger partial charge in [0, 0.05) is 22.5 Å². The molecule has 4 N–H and O–H groups in total.